The van der Waals surface area contributed by atoms with Crippen molar-refractivity contribution in [1.29, 1.82) is 0 Å². The second-order valence-electron chi connectivity index (χ2n) is 4.80. The highest BCUT2D eigenvalue weighted by Gasteiger charge is 2.40. The molecule has 0 spiro atoms. The predicted octanol–water partition coefficient (Wildman–Crippen LogP) is 0.431. The van der Waals surface area contributed by atoms with Gasteiger partial charge in [0.1, 0.15) is 10.6 Å². The van der Waals surface area contributed by atoms with Gasteiger partial charge in [-0.25, -0.2) is 8.42 Å². The molecule has 1 aromatic rings. The standard InChI is InChI=1S/C12H16N2O5S/c1-8-6-14(7-11(8)12(15)16)20(17,18)10-3-9(19-2)4-13-5-10/h3-5,8,11H,6-7H2,1-2H3,(H,15,16)/t8-,11-/m1/s1. The number of sulfonamides is 1. The molecule has 0 bridgehead atoms. The largest absolute Gasteiger partial charge is 0.495 e. The van der Waals surface area contributed by atoms with Gasteiger partial charge in [0.15, 0.2) is 0 Å². The van der Waals surface area contributed by atoms with Gasteiger partial charge in [0, 0.05) is 25.4 Å². The maximum Gasteiger partial charge on any atom is 0.308 e. The van der Waals surface area contributed by atoms with Crippen LogP contribution in [0.5, 0.6) is 5.75 Å². The van der Waals surface area contributed by atoms with Crippen LogP contribution in [-0.4, -0.2) is 49.0 Å². The lowest BCUT2D eigenvalue weighted by Crippen LogP contribution is -2.30. The second kappa shape index (κ2) is 5.37. The van der Waals surface area contributed by atoms with E-state index >= 15 is 0 Å². The third-order valence-corrected chi connectivity index (χ3v) is 5.25. The van der Waals surface area contributed by atoms with Gasteiger partial charge in [0.05, 0.1) is 19.2 Å². The van der Waals surface area contributed by atoms with Gasteiger partial charge in [0.25, 0.3) is 0 Å². The highest BCUT2D eigenvalue weighted by molar-refractivity contribution is 7.89. The van der Waals surface area contributed by atoms with Gasteiger partial charge in [-0.15, -0.1) is 0 Å². The molecule has 2 atom stereocenters. The van der Waals surface area contributed by atoms with Crippen LogP contribution >= 0.6 is 0 Å². The van der Waals surface area contributed by atoms with Crippen molar-refractivity contribution in [1.82, 2.24) is 9.29 Å². The molecule has 1 aromatic heterocycles. The Balaban J connectivity index is 2.29. The fourth-order valence-corrected chi connectivity index (χ4v) is 3.79. The summed E-state index contributed by atoms with van der Waals surface area (Å²) in [4.78, 5) is 14.9. The maximum absolute atomic E-state index is 12.5. The van der Waals surface area contributed by atoms with E-state index in [1.807, 2.05) is 0 Å². The molecule has 0 radical (unpaired) electrons. The normalized spacial score (nSPS) is 23.7. The summed E-state index contributed by atoms with van der Waals surface area (Å²) < 4.78 is 31.0. The summed E-state index contributed by atoms with van der Waals surface area (Å²) in [5, 5.41) is 9.07. The van der Waals surface area contributed by atoms with Gasteiger partial charge in [-0.2, -0.15) is 4.31 Å². The molecular formula is C12H16N2O5S. The lowest BCUT2D eigenvalue weighted by molar-refractivity contribution is -0.142. The van der Waals surface area contributed by atoms with Crippen molar-refractivity contribution in [3.8, 4) is 5.75 Å². The number of carboxylic acid groups (broad SMARTS) is 1. The van der Waals surface area contributed by atoms with Gasteiger partial charge in [0.2, 0.25) is 10.0 Å². The number of carbonyl (C=O) groups is 1. The van der Waals surface area contributed by atoms with E-state index in [0.29, 0.717) is 5.75 Å². The minimum absolute atomic E-state index is 0.00934. The molecule has 8 heteroatoms. The number of rotatable bonds is 4. The van der Waals surface area contributed by atoms with Crippen molar-refractivity contribution in [2.24, 2.45) is 11.8 Å². The van der Waals surface area contributed by atoms with E-state index in [-0.39, 0.29) is 23.9 Å². The van der Waals surface area contributed by atoms with Crippen LogP contribution in [0.15, 0.2) is 23.4 Å². The summed E-state index contributed by atoms with van der Waals surface area (Å²) >= 11 is 0. The van der Waals surface area contributed by atoms with E-state index in [1.165, 1.54) is 29.9 Å². The van der Waals surface area contributed by atoms with Crippen LogP contribution in [0.3, 0.4) is 0 Å². The first-order valence-corrected chi connectivity index (χ1v) is 7.52. The first-order valence-electron chi connectivity index (χ1n) is 6.08. The van der Waals surface area contributed by atoms with Crippen molar-refractivity contribution in [2.45, 2.75) is 11.8 Å². The zero-order chi connectivity index (χ0) is 14.9. The van der Waals surface area contributed by atoms with E-state index in [4.69, 9.17) is 9.84 Å². The molecule has 0 unspecified atom stereocenters. The molecule has 1 fully saturated rings. The van der Waals surface area contributed by atoms with E-state index in [2.05, 4.69) is 4.98 Å². The smallest absolute Gasteiger partial charge is 0.308 e. The highest BCUT2D eigenvalue weighted by atomic mass is 32.2. The Kier molecular flexibility index (Phi) is 3.96. The van der Waals surface area contributed by atoms with Crippen LogP contribution in [0.1, 0.15) is 6.92 Å². The number of pyridine rings is 1. The minimum atomic E-state index is -3.74. The van der Waals surface area contributed by atoms with Crippen LogP contribution in [-0.2, 0) is 14.8 Å². The van der Waals surface area contributed by atoms with Crippen molar-refractivity contribution in [3.05, 3.63) is 18.5 Å². The molecule has 2 heterocycles. The van der Waals surface area contributed by atoms with Crippen LogP contribution in [0.2, 0.25) is 0 Å². The monoisotopic (exact) mass is 300 g/mol. The molecule has 7 nitrogen and oxygen atoms in total. The van der Waals surface area contributed by atoms with Crippen LogP contribution in [0.25, 0.3) is 0 Å². The summed E-state index contributed by atoms with van der Waals surface area (Å²) in [7, 11) is -2.32. The van der Waals surface area contributed by atoms with E-state index in [1.54, 1.807) is 6.92 Å². The topological polar surface area (TPSA) is 96.8 Å². The molecule has 2 rings (SSSR count). The van der Waals surface area contributed by atoms with Crippen molar-refractivity contribution >= 4 is 16.0 Å². The van der Waals surface area contributed by atoms with E-state index in [9.17, 15) is 13.2 Å². The Morgan fingerprint density at radius 1 is 1.45 bits per heavy atom. The molecule has 0 saturated carbocycles. The Morgan fingerprint density at radius 3 is 2.70 bits per heavy atom. The average Bonchev–Trinajstić information content (AvgIpc) is 2.82. The average molecular weight is 300 g/mol. The molecule has 1 aliphatic heterocycles. The van der Waals surface area contributed by atoms with Crippen LogP contribution in [0, 0.1) is 11.8 Å². The summed E-state index contributed by atoms with van der Waals surface area (Å²) in [6.07, 6.45) is 2.64. The number of hydrogen-bond acceptors (Lipinski definition) is 5. The Bertz CT molecular complexity index is 616. The Labute approximate surface area is 117 Å². The number of nitrogens with zero attached hydrogens (tertiary/aromatic N) is 2. The number of carboxylic acids is 1. The van der Waals surface area contributed by atoms with E-state index in [0.717, 1.165) is 0 Å². The lowest BCUT2D eigenvalue weighted by atomic mass is 9.99. The zero-order valence-electron chi connectivity index (χ0n) is 11.2. The number of hydrogen-bond donors (Lipinski definition) is 1. The Morgan fingerprint density at radius 2 is 2.15 bits per heavy atom. The van der Waals surface area contributed by atoms with E-state index < -0.39 is 21.9 Å². The maximum atomic E-state index is 12.5. The van der Waals surface area contributed by atoms with Gasteiger partial charge in [-0.1, -0.05) is 6.92 Å². The Hall–Kier alpha value is -1.67. The predicted molar refractivity (Wildman–Crippen MR) is 69.8 cm³/mol. The first kappa shape index (κ1) is 14.7. The third-order valence-electron chi connectivity index (χ3n) is 3.46. The van der Waals surface area contributed by atoms with Gasteiger partial charge >= 0.3 is 5.97 Å². The van der Waals surface area contributed by atoms with Crippen LogP contribution < -0.4 is 4.74 Å². The van der Waals surface area contributed by atoms with Crippen LogP contribution in [0.4, 0.5) is 0 Å². The molecule has 1 aliphatic rings. The second-order valence-corrected chi connectivity index (χ2v) is 6.74. The number of ether oxygens (including phenoxy) is 1. The zero-order valence-corrected chi connectivity index (χ0v) is 12.0. The fraction of sp³-hybridized carbons (Fsp3) is 0.500. The third kappa shape index (κ3) is 2.61. The van der Waals surface area contributed by atoms with Crippen molar-refractivity contribution < 1.29 is 23.1 Å². The SMILES string of the molecule is COc1cncc(S(=O)(=O)N2C[C@@H](C)[C@H](C(=O)O)C2)c1. The lowest BCUT2D eigenvalue weighted by Gasteiger charge is -2.16. The molecule has 110 valence electrons. The van der Waals surface area contributed by atoms with Gasteiger partial charge in [-0.05, 0) is 5.92 Å². The summed E-state index contributed by atoms with van der Waals surface area (Å²) in [5.74, 6) is -1.53. The number of aliphatic carboxylic acids is 1. The quantitative estimate of drug-likeness (QED) is 0.866. The van der Waals surface area contributed by atoms with Gasteiger partial charge < -0.3 is 9.84 Å². The molecule has 1 saturated heterocycles. The molecular weight excluding hydrogens is 284 g/mol. The molecule has 1 N–H and O–H groups in total. The van der Waals surface area contributed by atoms with Crippen molar-refractivity contribution in [3.63, 3.8) is 0 Å². The summed E-state index contributed by atoms with van der Waals surface area (Å²) in [6, 6.07) is 1.38. The summed E-state index contributed by atoms with van der Waals surface area (Å²) in [5.41, 5.74) is 0. The molecule has 0 amide bonds. The highest BCUT2D eigenvalue weighted by Crippen LogP contribution is 2.29. The molecule has 0 aliphatic carbocycles. The van der Waals surface area contributed by atoms with Crippen molar-refractivity contribution in [2.75, 3.05) is 20.2 Å². The minimum Gasteiger partial charge on any atom is -0.495 e. The molecule has 20 heavy (non-hydrogen) atoms. The fourth-order valence-electron chi connectivity index (χ4n) is 2.24. The number of aromatic nitrogens is 1. The first-order chi connectivity index (χ1) is 9.36. The van der Waals surface area contributed by atoms with Gasteiger partial charge in [-0.3, -0.25) is 9.78 Å². The molecule has 0 aromatic carbocycles. The number of methoxy groups -OCH3 is 1. The summed E-state index contributed by atoms with van der Waals surface area (Å²) in [6.45, 7) is 1.91.